The summed E-state index contributed by atoms with van der Waals surface area (Å²) in [6.07, 6.45) is 0. The normalized spacial score (nSPS) is 9.95. The molecular weight excluding hydrogens is 259 g/mol. The van der Waals surface area contributed by atoms with Crippen molar-refractivity contribution in [3.8, 4) is 11.8 Å². The fraction of sp³-hybridized carbons (Fsp3) is 0.214. The van der Waals surface area contributed by atoms with Gasteiger partial charge in [0.05, 0.1) is 12.8 Å². The van der Waals surface area contributed by atoms with Crippen LogP contribution in [0.15, 0.2) is 18.2 Å². The van der Waals surface area contributed by atoms with Crippen molar-refractivity contribution in [2.45, 2.75) is 13.8 Å². The van der Waals surface area contributed by atoms with E-state index in [-0.39, 0.29) is 5.75 Å². The molecule has 6 heteroatoms. The van der Waals surface area contributed by atoms with E-state index in [2.05, 4.69) is 21.6 Å². The molecule has 1 aromatic carbocycles. The van der Waals surface area contributed by atoms with E-state index in [1.54, 1.807) is 19.9 Å². The molecule has 20 heavy (non-hydrogen) atoms. The summed E-state index contributed by atoms with van der Waals surface area (Å²) < 4.78 is 18.5. The standard InChI is InChI=1S/C14H13FN4O/c1-8-9(2)18-19-14(11(8)7-16)17-10-4-5-13(20-3)12(15)6-10/h4-6H,1-3H3,(H,17,19). The zero-order valence-electron chi connectivity index (χ0n) is 11.4. The third-order valence-corrected chi connectivity index (χ3v) is 2.98. The van der Waals surface area contributed by atoms with Gasteiger partial charge in [0.15, 0.2) is 17.4 Å². The number of nitrogens with zero attached hydrogens (tertiary/aromatic N) is 3. The molecule has 0 radical (unpaired) electrons. The van der Waals surface area contributed by atoms with Gasteiger partial charge in [0.2, 0.25) is 0 Å². The molecule has 5 nitrogen and oxygen atoms in total. The Morgan fingerprint density at radius 3 is 2.65 bits per heavy atom. The van der Waals surface area contributed by atoms with Crippen molar-refractivity contribution in [2.75, 3.05) is 12.4 Å². The van der Waals surface area contributed by atoms with Crippen molar-refractivity contribution in [2.24, 2.45) is 0 Å². The number of ether oxygens (including phenoxy) is 1. The Balaban J connectivity index is 2.38. The van der Waals surface area contributed by atoms with E-state index in [4.69, 9.17) is 4.74 Å². The molecule has 0 fully saturated rings. The summed E-state index contributed by atoms with van der Waals surface area (Å²) in [5, 5.41) is 20.0. The molecule has 0 aliphatic carbocycles. The summed E-state index contributed by atoms with van der Waals surface area (Å²) in [7, 11) is 1.40. The van der Waals surface area contributed by atoms with Crippen LogP contribution in [0.1, 0.15) is 16.8 Å². The van der Waals surface area contributed by atoms with Crippen LogP contribution in [0, 0.1) is 31.0 Å². The molecule has 102 valence electrons. The van der Waals surface area contributed by atoms with Crippen LogP contribution in [0.3, 0.4) is 0 Å². The smallest absolute Gasteiger partial charge is 0.171 e. The van der Waals surface area contributed by atoms with Crippen LogP contribution in [-0.2, 0) is 0 Å². The topological polar surface area (TPSA) is 70.8 Å². The van der Waals surface area contributed by atoms with E-state index in [9.17, 15) is 9.65 Å². The molecule has 0 saturated carbocycles. The van der Waals surface area contributed by atoms with Crippen molar-refractivity contribution < 1.29 is 9.13 Å². The molecule has 0 atom stereocenters. The third-order valence-electron chi connectivity index (χ3n) is 2.98. The van der Waals surface area contributed by atoms with Crippen LogP contribution in [0.5, 0.6) is 5.75 Å². The Kier molecular flexibility index (Phi) is 3.80. The number of halogens is 1. The van der Waals surface area contributed by atoms with Crippen molar-refractivity contribution >= 4 is 11.5 Å². The molecular formula is C14H13FN4O. The lowest BCUT2D eigenvalue weighted by Gasteiger charge is -2.10. The largest absolute Gasteiger partial charge is 0.494 e. The van der Waals surface area contributed by atoms with Gasteiger partial charge < -0.3 is 10.1 Å². The quantitative estimate of drug-likeness (QED) is 0.930. The van der Waals surface area contributed by atoms with Crippen LogP contribution in [0.25, 0.3) is 0 Å². The van der Waals surface area contributed by atoms with E-state index in [1.165, 1.54) is 19.2 Å². The second-order valence-corrected chi connectivity index (χ2v) is 4.22. The van der Waals surface area contributed by atoms with Gasteiger partial charge in [-0.25, -0.2) is 4.39 Å². The monoisotopic (exact) mass is 272 g/mol. The molecule has 2 aromatic rings. The summed E-state index contributed by atoms with van der Waals surface area (Å²) >= 11 is 0. The van der Waals surface area contributed by atoms with Gasteiger partial charge in [-0.1, -0.05) is 0 Å². The second-order valence-electron chi connectivity index (χ2n) is 4.22. The number of hydrogen-bond acceptors (Lipinski definition) is 5. The molecule has 1 aromatic heterocycles. The number of hydrogen-bond donors (Lipinski definition) is 1. The van der Waals surface area contributed by atoms with Gasteiger partial charge in [0.1, 0.15) is 11.6 Å². The minimum atomic E-state index is -0.493. The van der Waals surface area contributed by atoms with Crippen LogP contribution in [0.4, 0.5) is 15.9 Å². The Labute approximate surface area is 116 Å². The molecule has 0 unspecified atom stereocenters. The number of rotatable bonds is 3. The minimum Gasteiger partial charge on any atom is -0.494 e. The summed E-state index contributed by atoms with van der Waals surface area (Å²) in [6, 6.07) is 6.49. The van der Waals surface area contributed by atoms with Crippen LogP contribution in [0.2, 0.25) is 0 Å². The molecule has 0 bridgehead atoms. The number of aromatic nitrogens is 2. The second kappa shape index (κ2) is 5.53. The lowest BCUT2D eigenvalue weighted by atomic mass is 10.1. The van der Waals surface area contributed by atoms with Crippen molar-refractivity contribution in [1.29, 1.82) is 5.26 Å². The first kappa shape index (κ1) is 13.7. The van der Waals surface area contributed by atoms with E-state index < -0.39 is 5.82 Å². The van der Waals surface area contributed by atoms with E-state index >= 15 is 0 Å². The Morgan fingerprint density at radius 2 is 2.05 bits per heavy atom. The van der Waals surface area contributed by atoms with Gasteiger partial charge in [-0.15, -0.1) is 5.10 Å². The van der Waals surface area contributed by atoms with Gasteiger partial charge in [-0.2, -0.15) is 10.4 Å². The highest BCUT2D eigenvalue weighted by atomic mass is 19.1. The summed E-state index contributed by atoms with van der Waals surface area (Å²) in [5.41, 5.74) is 2.30. The van der Waals surface area contributed by atoms with Crippen molar-refractivity contribution in [3.63, 3.8) is 0 Å². The molecule has 0 aliphatic rings. The number of methoxy groups -OCH3 is 1. The molecule has 2 rings (SSSR count). The van der Waals surface area contributed by atoms with Crippen molar-refractivity contribution in [1.82, 2.24) is 10.2 Å². The SMILES string of the molecule is COc1ccc(Nc2nnc(C)c(C)c2C#N)cc1F. The number of benzene rings is 1. The first-order valence-electron chi connectivity index (χ1n) is 5.91. The Hall–Kier alpha value is -2.68. The number of aryl methyl sites for hydroxylation is 1. The van der Waals surface area contributed by atoms with Gasteiger partial charge in [-0.3, -0.25) is 0 Å². The number of nitrogens with one attached hydrogen (secondary N) is 1. The predicted octanol–water partition coefficient (Wildman–Crippen LogP) is 2.86. The maximum atomic E-state index is 13.6. The van der Waals surface area contributed by atoms with Gasteiger partial charge in [-0.05, 0) is 31.5 Å². The first-order chi connectivity index (χ1) is 9.56. The van der Waals surface area contributed by atoms with Gasteiger partial charge in [0.25, 0.3) is 0 Å². The van der Waals surface area contributed by atoms with Crippen molar-refractivity contribution in [3.05, 3.63) is 40.8 Å². The zero-order chi connectivity index (χ0) is 14.7. The maximum absolute atomic E-state index is 13.6. The Bertz CT molecular complexity index is 694. The maximum Gasteiger partial charge on any atom is 0.171 e. The summed E-state index contributed by atoms with van der Waals surface area (Å²) in [6.45, 7) is 3.57. The molecule has 0 amide bonds. The van der Waals surface area contributed by atoms with Crippen LogP contribution < -0.4 is 10.1 Å². The molecule has 0 spiro atoms. The van der Waals surface area contributed by atoms with Gasteiger partial charge >= 0.3 is 0 Å². The van der Waals surface area contributed by atoms with E-state index in [0.717, 1.165) is 5.56 Å². The highest BCUT2D eigenvalue weighted by molar-refractivity contribution is 5.64. The first-order valence-corrected chi connectivity index (χ1v) is 5.91. The average Bonchev–Trinajstić information content (AvgIpc) is 2.43. The molecule has 0 saturated heterocycles. The minimum absolute atomic E-state index is 0.155. The number of nitriles is 1. The Morgan fingerprint density at radius 1 is 1.30 bits per heavy atom. The van der Waals surface area contributed by atoms with E-state index in [1.807, 2.05) is 0 Å². The molecule has 0 aliphatic heterocycles. The average molecular weight is 272 g/mol. The highest BCUT2D eigenvalue weighted by Crippen LogP contribution is 2.25. The molecule has 1 heterocycles. The van der Waals surface area contributed by atoms with E-state index in [0.29, 0.717) is 22.8 Å². The predicted molar refractivity (Wildman–Crippen MR) is 72.5 cm³/mol. The fourth-order valence-electron chi connectivity index (χ4n) is 1.71. The summed E-state index contributed by atoms with van der Waals surface area (Å²) in [5.74, 6) is -0.0322. The lowest BCUT2D eigenvalue weighted by molar-refractivity contribution is 0.386. The zero-order valence-corrected chi connectivity index (χ0v) is 11.4. The van der Waals surface area contributed by atoms with Crippen LogP contribution >= 0.6 is 0 Å². The lowest BCUT2D eigenvalue weighted by Crippen LogP contribution is -2.04. The third kappa shape index (κ3) is 2.52. The van der Waals surface area contributed by atoms with Gasteiger partial charge in [0, 0.05) is 11.8 Å². The fourth-order valence-corrected chi connectivity index (χ4v) is 1.71. The highest BCUT2D eigenvalue weighted by Gasteiger charge is 2.12. The molecule has 1 N–H and O–H groups in total. The summed E-state index contributed by atoms with van der Waals surface area (Å²) in [4.78, 5) is 0. The van der Waals surface area contributed by atoms with Crippen LogP contribution in [-0.4, -0.2) is 17.3 Å². The number of anilines is 2.